The van der Waals surface area contributed by atoms with Gasteiger partial charge in [-0.25, -0.2) is 0 Å². The van der Waals surface area contributed by atoms with E-state index in [2.05, 4.69) is 10.3 Å². The number of hydrogen-bond donors (Lipinski definition) is 1. The van der Waals surface area contributed by atoms with Crippen LogP contribution in [0.15, 0.2) is 48.8 Å². The van der Waals surface area contributed by atoms with Crippen molar-refractivity contribution < 1.29 is 19.1 Å². The number of ether oxygens (including phenoxy) is 2. The maximum absolute atomic E-state index is 12.3. The van der Waals surface area contributed by atoms with Gasteiger partial charge in [-0.05, 0) is 36.4 Å². The number of pyridine rings is 1. The van der Waals surface area contributed by atoms with E-state index < -0.39 is 12.2 Å². The number of nitrogens with zero attached hydrogens (tertiary/aromatic N) is 1. The van der Waals surface area contributed by atoms with Gasteiger partial charge in [0.1, 0.15) is 5.75 Å². The molecule has 6 heteroatoms. The van der Waals surface area contributed by atoms with Crippen molar-refractivity contribution in [1.82, 2.24) is 10.3 Å². The Balaban J connectivity index is 2.15. The first kappa shape index (κ1) is 15.5. The van der Waals surface area contributed by atoms with E-state index in [1.165, 1.54) is 6.92 Å². The smallest absolute Gasteiger partial charge is 0.304 e. The summed E-state index contributed by atoms with van der Waals surface area (Å²) in [5, 5.41) is 2.67. The minimum Gasteiger partial charge on any atom is -0.497 e. The van der Waals surface area contributed by atoms with E-state index >= 15 is 0 Å². The second-order valence-corrected chi connectivity index (χ2v) is 4.47. The van der Waals surface area contributed by atoms with Crippen LogP contribution in [0.2, 0.25) is 0 Å². The topological polar surface area (TPSA) is 77.5 Å². The molecule has 22 heavy (non-hydrogen) atoms. The molecule has 0 aliphatic heterocycles. The number of rotatable bonds is 5. The molecule has 0 saturated heterocycles. The van der Waals surface area contributed by atoms with E-state index in [1.807, 2.05) is 0 Å². The highest BCUT2D eigenvalue weighted by Crippen LogP contribution is 2.16. The summed E-state index contributed by atoms with van der Waals surface area (Å²) in [6, 6.07) is 9.96. The Morgan fingerprint density at radius 3 is 2.27 bits per heavy atom. The quantitative estimate of drug-likeness (QED) is 0.675. The fraction of sp³-hybridized carbons (Fsp3) is 0.188. The molecular weight excluding hydrogens is 284 g/mol. The highest BCUT2D eigenvalue weighted by molar-refractivity contribution is 5.94. The number of benzene rings is 1. The van der Waals surface area contributed by atoms with Crippen molar-refractivity contribution >= 4 is 11.9 Å². The molecule has 1 aromatic heterocycles. The lowest BCUT2D eigenvalue weighted by molar-refractivity contribution is -0.147. The van der Waals surface area contributed by atoms with Crippen LogP contribution in [0.5, 0.6) is 5.75 Å². The number of carbonyl (C=O) groups is 2. The molecule has 0 radical (unpaired) electrons. The first-order valence-electron chi connectivity index (χ1n) is 6.62. The molecule has 1 heterocycles. The molecule has 0 fully saturated rings. The summed E-state index contributed by atoms with van der Waals surface area (Å²) < 4.78 is 10.2. The average molecular weight is 300 g/mol. The molecule has 1 amide bonds. The molecule has 2 aromatic rings. The number of aromatic nitrogens is 1. The van der Waals surface area contributed by atoms with Gasteiger partial charge >= 0.3 is 5.97 Å². The molecule has 114 valence electrons. The molecule has 0 saturated carbocycles. The molecule has 2 rings (SSSR count). The van der Waals surface area contributed by atoms with Gasteiger partial charge in [-0.2, -0.15) is 0 Å². The molecule has 1 N–H and O–H groups in total. The second kappa shape index (κ2) is 7.21. The van der Waals surface area contributed by atoms with E-state index in [4.69, 9.17) is 9.47 Å². The Kier molecular flexibility index (Phi) is 5.08. The Hall–Kier alpha value is -2.89. The summed E-state index contributed by atoms with van der Waals surface area (Å²) in [6.45, 7) is 1.29. The fourth-order valence-corrected chi connectivity index (χ4v) is 1.83. The van der Waals surface area contributed by atoms with Crippen LogP contribution >= 0.6 is 0 Å². The molecule has 0 aliphatic rings. The van der Waals surface area contributed by atoms with Crippen molar-refractivity contribution in [3.8, 4) is 5.75 Å². The Morgan fingerprint density at radius 1 is 1.09 bits per heavy atom. The highest BCUT2D eigenvalue weighted by atomic mass is 16.6. The maximum Gasteiger partial charge on any atom is 0.304 e. The minimum absolute atomic E-state index is 0.356. The fourth-order valence-electron chi connectivity index (χ4n) is 1.83. The summed E-state index contributed by atoms with van der Waals surface area (Å²) in [4.78, 5) is 27.4. The SMILES string of the molecule is COc1ccc(C(=O)NC(OC(C)=O)c2ccncc2)cc1. The first-order chi connectivity index (χ1) is 10.6. The van der Waals surface area contributed by atoms with Crippen LogP contribution in [-0.2, 0) is 9.53 Å². The van der Waals surface area contributed by atoms with Crippen LogP contribution < -0.4 is 10.1 Å². The number of carbonyl (C=O) groups excluding carboxylic acids is 2. The van der Waals surface area contributed by atoms with Crippen molar-refractivity contribution in [2.24, 2.45) is 0 Å². The van der Waals surface area contributed by atoms with Gasteiger partial charge in [-0.15, -0.1) is 0 Å². The first-order valence-corrected chi connectivity index (χ1v) is 6.62. The Morgan fingerprint density at radius 2 is 1.73 bits per heavy atom. The summed E-state index contributed by atoms with van der Waals surface area (Å²) in [7, 11) is 1.55. The Labute approximate surface area is 128 Å². The van der Waals surface area contributed by atoms with Crippen molar-refractivity contribution in [2.45, 2.75) is 13.2 Å². The minimum atomic E-state index is -0.866. The zero-order valence-electron chi connectivity index (χ0n) is 12.3. The monoisotopic (exact) mass is 300 g/mol. The largest absolute Gasteiger partial charge is 0.497 e. The molecule has 1 unspecified atom stereocenters. The van der Waals surface area contributed by atoms with Gasteiger partial charge < -0.3 is 14.8 Å². The summed E-state index contributed by atoms with van der Waals surface area (Å²) in [6.07, 6.45) is 2.26. The van der Waals surface area contributed by atoms with Gasteiger partial charge in [0.25, 0.3) is 5.91 Å². The van der Waals surface area contributed by atoms with E-state index in [0.29, 0.717) is 16.9 Å². The third-order valence-corrected chi connectivity index (χ3v) is 2.91. The van der Waals surface area contributed by atoms with Crippen LogP contribution in [0.3, 0.4) is 0 Å². The van der Waals surface area contributed by atoms with Crippen LogP contribution in [-0.4, -0.2) is 24.0 Å². The predicted octanol–water partition coefficient (Wildman–Crippen LogP) is 2.08. The van der Waals surface area contributed by atoms with Crippen LogP contribution in [0.1, 0.15) is 29.1 Å². The molecular formula is C16H16N2O4. The van der Waals surface area contributed by atoms with Crippen molar-refractivity contribution in [2.75, 3.05) is 7.11 Å². The van der Waals surface area contributed by atoms with E-state index in [0.717, 1.165) is 0 Å². The van der Waals surface area contributed by atoms with Crippen molar-refractivity contribution in [3.05, 3.63) is 59.9 Å². The van der Waals surface area contributed by atoms with Crippen molar-refractivity contribution in [1.29, 1.82) is 0 Å². The van der Waals surface area contributed by atoms with E-state index in [-0.39, 0.29) is 5.91 Å². The number of amides is 1. The van der Waals surface area contributed by atoms with Gasteiger partial charge in [-0.1, -0.05) is 0 Å². The lowest BCUT2D eigenvalue weighted by Crippen LogP contribution is -2.31. The molecule has 1 aromatic carbocycles. The zero-order chi connectivity index (χ0) is 15.9. The Bertz CT molecular complexity index is 641. The van der Waals surface area contributed by atoms with Gasteiger partial charge in [0.2, 0.25) is 6.23 Å². The molecule has 0 aliphatic carbocycles. The number of esters is 1. The van der Waals surface area contributed by atoms with Crippen LogP contribution in [0, 0.1) is 0 Å². The van der Waals surface area contributed by atoms with E-state index in [1.54, 1.807) is 55.9 Å². The summed E-state index contributed by atoms with van der Waals surface area (Å²) in [5.41, 5.74) is 1.07. The number of nitrogens with one attached hydrogen (secondary N) is 1. The highest BCUT2D eigenvalue weighted by Gasteiger charge is 2.18. The number of methoxy groups -OCH3 is 1. The third kappa shape index (κ3) is 4.05. The molecule has 0 bridgehead atoms. The lowest BCUT2D eigenvalue weighted by Gasteiger charge is -2.18. The number of hydrogen-bond acceptors (Lipinski definition) is 5. The van der Waals surface area contributed by atoms with E-state index in [9.17, 15) is 9.59 Å². The van der Waals surface area contributed by atoms with Crippen molar-refractivity contribution in [3.63, 3.8) is 0 Å². The molecule has 6 nitrogen and oxygen atoms in total. The van der Waals surface area contributed by atoms with Crippen LogP contribution in [0.25, 0.3) is 0 Å². The average Bonchev–Trinajstić information content (AvgIpc) is 2.54. The predicted molar refractivity (Wildman–Crippen MR) is 79.2 cm³/mol. The summed E-state index contributed by atoms with van der Waals surface area (Å²) in [5.74, 6) is -0.190. The lowest BCUT2D eigenvalue weighted by atomic mass is 10.2. The van der Waals surface area contributed by atoms with Crippen LogP contribution in [0.4, 0.5) is 0 Å². The van der Waals surface area contributed by atoms with Gasteiger partial charge in [0.05, 0.1) is 7.11 Å². The van der Waals surface area contributed by atoms with Gasteiger partial charge in [0.15, 0.2) is 0 Å². The second-order valence-electron chi connectivity index (χ2n) is 4.47. The molecule has 1 atom stereocenters. The summed E-state index contributed by atoms with van der Waals surface area (Å²) >= 11 is 0. The molecule has 0 spiro atoms. The van der Waals surface area contributed by atoms with Gasteiger partial charge in [-0.3, -0.25) is 14.6 Å². The standard InChI is InChI=1S/C16H16N2O4/c1-11(19)22-16(13-7-9-17-10-8-13)18-15(20)12-3-5-14(21-2)6-4-12/h3-10,16H,1-2H3,(H,18,20). The maximum atomic E-state index is 12.3. The normalized spacial score (nSPS) is 11.4. The van der Waals surface area contributed by atoms with Gasteiger partial charge in [0, 0.05) is 30.4 Å². The third-order valence-electron chi connectivity index (χ3n) is 2.91. The zero-order valence-corrected chi connectivity index (χ0v) is 12.3.